The van der Waals surface area contributed by atoms with Gasteiger partial charge in [0.25, 0.3) is 0 Å². The number of hydrogen-bond donors (Lipinski definition) is 1. The molecule has 1 rings (SSSR count). The van der Waals surface area contributed by atoms with Gasteiger partial charge in [0.2, 0.25) is 0 Å². The zero-order valence-corrected chi connectivity index (χ0v) is 6.93. The third-order valence-electron chi connectivity index (χ3n) is 1.45. The average Bonchev–Trinajstić information content (AvgIpc) is 2.16. The van der Waals surface area contributed by atoms with Crippen molar-refractivity contribution in [2.24, 2.45) is 0 Å². The van der Waals surface area contributed by atoms with Gasteiger partial charge in [-0.15, -0.1) is 0 Å². The van der Waals surface area contributed by atoms with E-state index < -0.39 is 5.97 Å². The highest BCUT2D eigenvalue weighted by Crippen LogP contribution is 2.10. The first kappa shape index (κ1) is 9.32. The monoisotopic (exact) mass is 177 g/mol. The molecule has 0 spiro atoms. The van der Waals surface area contributed by atoms with Crippen LogP contribution in [0.15, 0.2) is 30.3 Å². The van der Waals surface area contributed by atoms with Crippen LogP contribution < -0.4 is 0 Å². The summed E-state index contributed by atoms with van der Waals surface area (Å²) in [5.41, 5.74) is 0.809. The van der Waals surface area contributed by atoms with Crippen molar-refractivity contribution in [3.05, 3.63) is 43.0 Å². The first-order valence-electron chi connectivity index (χ1n) is 3.65. The van der Waals surface area contributed by atoms with E-state index in [4.69, 9.17) is 5.11 Å². The van der Waals surface area contributed by atoms with Gasteiger partial charge in [0, 0.05) is 6.08 Å². The summed E-state index contributed by atoms with van der Waals surface area (Å²) in [7, 11) is 2.97. The lowest BCUT2D eigenvalue weighted by Gasteiger charge is -1.93. The van der Waals surface area contributed by atoms with Crippen LogP contribution in [0.3, 0.4) is 0 Å². The topological polar surface area (TPSA) is 46.5 Å². The van der Waals surface area contributed by atoms with Crippen molar-refractivity contribution < 1.29 is 14.6 Å². The second kappa shape index (κ2) is 4.30. The maximum atomic E-state index is 10.6. The molecule has 13 heavy (non-hydrogen) atoms. The molecule has 0 bridgehead atoms. The van der Waals surface area contributed by atoms with E-state index in [0.717, 1.165) is 5.56 Å². The van der Waals surface area contributed by atoms with E-state index in [0.29, 0.717) is 0 Å². The van der Waals surface area contributed by atoms with Gasteiger partial charge in [-0.05, 0) is 23.8 Å². The fraction of sp³-hybridized carbons (Fsp3) is 0. The Morgan fingerprint density at radius 3 is 2.54 bits per heavy atom. The minimum absolute atomic E-state index is 0.192. The molecule has 0 aliphatic carbocycles. The molecule has 0 fully saturated rings. The highest BCUT2D eigenvalue weighted by atomic mass is 16.5. The summed E-state index contributed by atoms with van der Waals surface area (Å²) in [5, 5.41) is 8.95. The van der Waals surface area contributed by atoms with E-state index >= 15 is 0 Å². The molecule has 1 radical (unpaired) electrons. The Bertz CT molecular complexity index is 311. The molecule has 0 aliphatic rings. The molecule has 0 aromatic heterocycles. The van der Waals surface area contributed by atoms with Gasteiger partial charge in [-0.25, -0.2) is 4.79 Å². The molecule has 0 heterocycles. The second-order valence-corrected chi connectivity index (χ2v) is 2.39. The summed E-state index contributed by atoms with van der Waals surface area (Å²) in [5.74, 6) is -0.315. The molecule has 0 atom stereocenters. The standard InChI is InChI=1S/C10H9O3/c1-13-10(12)7-4-8-2-5-9(11)6-3-8/h2-7,11H,1H2. The van der Waals surface area contributed by atoms with Crippen LogP contribution in [-0.2, 0) is 9.53 Å². The molecule has 0 aliphatic heterocycles. The van der Waals surface area contributed by atoms with Crippen molar-refractivity contribution in [2.75, 3.05) is 0 Å². The van der Waals surface area contributed by atoms with Crippen LogP contribution in [0.1, 0.15) is 5.56 Å². The zero-order chi connectivity index (χ0) is 9.68. The summed E-state index contributed by atoms with van der Waals surface area (Å²) < 4.78 is 4.17. The van der Waals surface area contributed by atoms with Crippen LogP contribution in [0, 0.1) is 7.11 Å². The van der Waals surface area contributed by atoms with Crippen LogP contribution in [-0.4, -0.2) is 11.1 Å². The number of aromatic hydroxyl groups is 1. The van der Waals surface area contributed by atoms with Crippen LogP contribution in [0.4, 0.5) is 0 Å². The Morgan fingerprint density at radius 1 is 1.38 bits per heavy atom. The minimum atomic E-state index is -0.506. The molecule has 3 nitrogen and oxygen atoms in total. The molecule has 1 N–H and O–H groups in total. The minimum Gasteiger partial charge on any atom is -0.508 e. The number of phenolic OH excluding ortho intramolecular Hbond substituents is 1. The summed E-state index contributed by atoms with van der Waals surface area (Å²) in [4.78, 5) is 10.6. The Labute approximate surface area is 76.3 Å². The van der Waals surface area contributed by atoms with Crippen LogP contribution in [0.25, 0.3) is 6.08 Å². The summed E-state index contributed by atoms with van der Waals surface area (Å²) in [6, 6.07) is 6.44. The molecule has 1 aromatic rings. The van der Waals surface area contributed by atoms with Gasteiger partial charge in [-0.3, -0.25) is 0 Å². The molecule has 0 unspecified atom stereocenters. The van der Waals surface area contributed by atoms with E-state index in [-0.39, 0.29) is 5.75 Å². The van der Waals surface area contributed by atoms with Crippen LogP contribution >= 0.6 is 0 Å². The van der Waals surface area contributed by atoms with E-state index in [2.05, 4.69) is 11.8 Å². The van der Waals surface area contributed by atoms with Crippen molar-refractivity contribution in [1.82, 2.24) is 0 Å². The lowest BCUT2D eigenvalue weighted by atomic mass is 10.2. The van der Waals surface area contributed by atoms with Crippen molar-refractivity contribution >= 4 is 12.0 Å². The van der Waals surface area contributed by atoms with Gasteiger partial charge in [0.05, 0.1) is 0 Å². The van der Waals surface area contributed by atoms with Crippen LogP contribution in [0.2, 0.25) is 0 Å². The molecule has 0 saturated heterocycles. The van der Waals surface area contributed by atoms with E-state index in [9.17, 15) is 4.79 Å². The van der Waals surface area contributed by atoms with E-state index in [1.54, 1.807) is 18.2 Å². The Kier molecular flexibility index (Phi) is 3.09. The van der Waals surface area contributed by atoms with E-state index in [1.807, 2.05) is 0 Å². The SMILES string of the molecule is [CH2]OC(=O)C=Cc1ccc(O)cc1. The second-order valence-electron chi connectivity index (χ2n) is 2.39. The van der Waals surface area contributed by atoms with Gasteiger partial charge < -0.3 is 9.84 Å². The highest BCUT2D eigenvalue weighted by molar-refractivity contribution is 5.87. The van der Waals surface area contributed by atoms with Crippen molar-refractivity contribution in [2.45, 2.75) is 0 Å². The Morgan fingerprint density at radius 2 is 2.00 bits per heavy atom. The third kappa shape index (κ3) is 2.99. The number of esters is 1. The first-order valence-corrected chi connectivity index (χ1v) is 3.65. The average molecular weight is 177 g/mol. The molecular weight excluding hydrogens is 168 g/mol. The quantitative estimate of drug-likeness (QED) is 0.552. The van der Waals surface area contributed by atoms with Gasteiger partial charge in [-0.2, -0.15) is 0 Å². The lowest BCUT2D eigenvalue weighted by Crippen LogP contribution is -1.91. The molecule has 67 valence electrons. The molecule has 0 saturated carbocycles. The normalized spacial score (nSPS) is 10.2. The predicted octanol–water partition coefficient (Wildman–Crippen LogP) is 1.74. The molecule has 1 aromatic carbocycles. The smallest absolute Gasteiger partial charge is 0.330 e. The third-order valence-corrected chi connectivity index (χ3v) is 1.45. The van der Waals surface area contributed by atoms with Gasteiger partial charge in [0.1, 0.15) is 12.9 Å². The molecule has 3 heteroatoms. The van der Waals surface area contributed by atoms with Crippen molar-refractivity contribution in [3.63, 3.8) is 0 Å². The first-order chi connectivity index (χ1) is 6.22. The number of carbonyl (C=O) groups is 1. The summed E-state index contributed by atoms with van der Waals surface area (Å²) in [6.45, 7) is 0. The number of hydrogen-bond acceptors (Lipinski definition) is 3. The maximum absolute atomic E-state index is 10.6. The molecular formula is C10H9O3. The Balaban J connectivity index is 2.69. The van der Waals surface area contributed by atoms with Crippen molar-refractivity contribution in [1.29, 1.82) is 0 Å². The number of benzene rings is 1. The van der Waals surface area contributed by atoms with Crippen LogP contribution in [0.5, 0.6) is 5.75 Å². The molecule has 0 amide bonds. The van der Waals surface area contributed by atoms with Gasteiger partial charge in [-0.1, -0.05) is 12.1 Å². The van der Waals surface area contributed by atoms with Crippen molar-refractivity contribution in [3.8, 4) is 5.75 Å². The van der Waals surface area contributed by atoms with Gasteiger partial charge >= 0.3 is 5.97 Å². The maximum Gasteiger partial charge on any atom is 0.330 e. The largest absolute Gasteiger partial charge is 0.508 e. The Hall–Kier alpha value is -1.77. The van der Waals surface area contributed by atoms with E-state index in [1.165, 1.54) is 18.2 Å². The number of phenols is 1. The lowest BCUT2D eigenvalue weighted by molar-refractivity contribution is -0.132. The number of ether oxygens (including phenoxy) is 1. The number of rotatable bonds is 2. The fourth-order valence-corrected chi connectivity index (χ4v) is 0.798. The highest BCUT2D eigenvalue weighted by Gasteiger charge is 1.91. The fourth-order valence-electron chi connectivity index (χ4n) is 0.798. The zero-order valence-electron chi connectivity index (χ0n) is 6.93. The summed E-state index contributed by atoms with van der Waals surface area (Å²) >= 11 is 0. The number of carbonyl (C=O) groups excluding carboxylic acids is 1. The van der Waals surface area contributed by atoms with Gasteiger partial charge in [0.15, 0.2) is 0 Å². The predicted molar refractivity (Wildman–Crippen MR) is 48.6 cm³/mol. The summed E-state index contributed by atoms with van der Waals surface area (Å²) in [6.07, 6.45) is 2.84.